The Hall–Kier alpha value is -0.960. The fourth-order valence-corrected chi connectivity index (χ4v) is 2.95. The molecule has 1 atom stereocenters. The van der Waals surface area contributed by atoms with Crippen LogP contribution < -0.4 is 0 Å². The van der Waals surface area contributed by atoms with Gasteiger partial charge in [0, 0.05) is 6.92 Å². The molecule has 0 aliphatic carbocycles. The van der Waals surface area contributed by atoms with Crippen LogP contribution >= 0.6 is 15.9 Å². The van der Waals surface area contributed by atoms with Gasteiger partial charge in [0.25, 0.3) is 0 Å². The Morgan fingerprint density at radius 2 is 1.56 bits per heavy atom. The van der Waals surface area contributed by atoms with Crippen molar-refractivity contribution in [2.45, 2.75) is 32.5 Å². The number of halogens is 1. The smallest absolute Gasteiger partial charge is 0.216 e. The first-order chi connectivity index (χ1) is 7.34. The minimum atomic E-state index is -0.523. The summed E-state index contributed by atoms with van der Waals surface area (Å²) in [6.45, 7) is 7.23. The second-order valence-electron chi connectivity index (χ2n) is 4.10. The molecule has 0 radical (unpaired) electrons. The molecule has 0 N–H and O–H groups in total. The van der Waals surface area contributed by atoms with Gasteiger partial charge in [-0.1, -0.05) is 33.6 Å². The number of aryl methyl sites for hydroxylation is 3. The fraction of sp³-hybridized carbons (Fsp3) is 0.385. The first kappa shape index (κ1) is 13.1. The van der Waals surface area contributed by atoms with E-state index in [0.717, 1.165) is 22.3 Å². The van der Waals surface area contributed by atoms with Crippen LogP contribution in [0.3, 0.4) is 0 Å². The van der Waals surface area contributed by atoms with Crippen LogP contribution in [0.2, 0.25) is 0 Å². The molecule has 16 heavy (non-hydrogen) atoms. The zero-order valence-electron chi connectivity index (χ0n) is 9.93. The molecule has 1 aromatic rings. The third-order valence-electron chi connectivity index (χ3n) is 2.57. The Morgan fingerprint density at radius 3 is 1.94 bits per heavy atom. The molecule has 0 bridgehead atoms. The molecule has 1 aromatic carbocycles. The van der Waals surface area contributed by atoms with Gasteiger partial charge in [0.1, 0.15) is 4.83 Å². The van der Waals surface area contributed by atoms with E-state index in [4.69, 9.17) is 0 Å². The molecule has 0 aliphatic heterocycles. The molecule has 0 saturated carbocycles. The third kappa shape index (κ3) is 2.59. The van der Waals surface area contributed by atoms with E-state index in [9.17, 15) is 9.59 Å². The summed E-state index contributed by atoms with van der Waals surface area (Å²) in [5, 5.41) is 0. The van der Waals surface area contributed by atoms with Crippen LogP contribution in [0.4, 0.5) is 0 Å². The largest absolute Gasteiger partial charge is 0.291 e. The molecule has 0 spiro atoms. The van der Waals surface area contributed by atoms with Crippen molar-refractivity contribution in [2.75, 3.05) is 0 Å². The standard InChI is InChI=1S/C13H15BrO2/c1-7-5-8(2)11(9(3)6-7)12(14)13(16)10(4)15/h5-6,12H,1-4H3. The second kappa shape index (κ2) is 4.91. The van der Waals surface area contributed by atoms with Crippen molar-refractivity contribution in [3.05, 3.63) is 34.4 Å². The molecule has 1 unspecified atom stereocenters. The average molecular weight is 283 g/mol. The number of hydrogen-bond donors (Lipinski definition) is 0. The zero-order valence-corrected chi connectivity index (χ0v) is 11.5. The Morgan fingerprint density at radius 1 is 1.12 bits per heavy atom. The number of carbonyl (C=O) groups excluding carboxylic acids is 2. The van der Waals surface area contributed by atoms with Crippen LogP contribution in [0.15, 0.2) is 12.1 Å². The first-order valence-electron chi connectivity index (χ1n) is 5.11. The Kier molecular flexibility index (Phi) is 4.03. The van der Waals surface area contributed by atoms with E-state index >= 15 is 0 Å². The monoisotopic (exact) mass is 282 g/mol. The quantitative estimate of drug-likeness (QED) is 0.630. The predicted molar refractivity (Wildman–Crippen MR) is 68.0 cm³/mol. The molecular weight excluding hydrogens is 268 g/mol. The van der Waals surface area contributed by atoms with Crippen LogP contribution in [0.5, 0.6) is 0 Å². The van der Waals surface area contributed by atoms with Gasteiger partial charge in [-0.15, -0.1) is 0 Å². The minimum Gasteiger partial charge on any atom is -0.291 e. The van der Waals surface area contributed by atoms with Crippen LogP contribution in [-0.4, -0.2) is 11.6 Å². The van der Waals surface area contributed by atoms with Crippen molar-refractivity contribution < 1.29 is 9.59 Å². The molecule has 0 fully saturated rings. The number of ketones is 2. The SMILES string of the molecule is CC(=O)C(=O)C(Br)c1c(C)cc(C)cc1C. The van der Waals surface area contributed by atoms with E-state index < -0.39 is 16.4 Å². The molecule has 0 heterocycles. The molecule has 0 aromatic heterocycles. The Balaban J connectivity index is 3.23. The van der Waals surface area contributed by atoms with E-state index in [1.54, 1.807) is 0 Å². The highest BCUT2D eigenvalue weighted by Crippen LogP contribution is 2.30. The van der Waals surface area contributed by atoms with E-state index in [1.807, 2.05) is 32.9 Å². The first-order valence-corrected chi connectivity index (χ1v) is 6.02. The minimum absolute atomic E-state index is 0.393. The van der Waals surface area contributed by atoms with Crippen molar-refractivity contribution in [3.8, 4) is 0 Å². The summed E-state index contributed by atoms with van der Waals surface area (Å²) in [6, 6.07) is 4.04. The van der Waals surface area contributed by atoms with Gasteiger partial charge in [-0.3, -0.25) is 9.59 Å². The van der Waals surface area contributed by atoms with Crippen molar-refractivity contribution in [2.24, 2.45) is 0 Å². The van der Waals surface area contributed by atoms with Crippen LogP contribution in [0, 0.1) is 20.8 Å². The molecular formula is C13H15BrO2. The maximum Gasteiger partial charge on any atom is 0.216 e. The topological polar surface area (TPSA) is 34.1 Å². The number of hydrogen-bond acceptors (Lipinski definition) is 2. The van der Waals surface area contributed by atoms with Gasteiger partial charge < -0.3 is 0 Å². The lowest BCUT2D eigenvalue weighted by Crippen LogP contribution is -2.17. The Bertz CT molecular complexity index is 426. The fourth-order valence-electron chi connectivity index (χ4n) is 1.90. The van der Waals surface area contributed by atoms with Gasteiger partial charge in [0.2, 0.25) is 5.78 Å². The van der Waals surface area contributed by atoms with Crippen LogP contribution in [-0.2, 0) is 9.59 Å². The summed E-state index contributed by atoms with van der Waals surface area (Å²) in [7, 11) is 0. The Labute approximate surface area is 104 Å². The maximum absolute atomic E-state index is 11.6. The molecule has 0 aliphatic rings. The number of Topliss-reactive ketones (excluding diaryl/α,β-unsaturated/α-hetero) is 2. The summed E-state index contributed by atoms with van der Waals surface area (Å²) in [5.74, 6) is -0.809. The molecule has 0 saturated heterocycles. The lowest BCUT2D eigenvalue weighted by atomic mass is 9.95. The van der Waals surface area contributed by atoms with Gasteiger partial charge in [0.05, 0.1) is 0 Å². The van der Waals surface area contributed by atoms with Crippen LogP contribution in [0.25, 0.3) is 0 Å². The lowest BCUT2D eigenvalue weighted by Gasteiger charge is -2.15. The highest BCUT2D eigenvalue weighted by molar-refractivity contribution is 9.09. The van der Waals surface area contributed by atoms with E-state index in [-0.39, 0.29) is 0 Å². The second-order valence-corrected chi connectivity index (χ2v) is 5.01. The summed E-state index contributed by atoms with van der Waals surface area (Å²) in [4.78, 5) is 22.2. The molecule has 2 nitrogen and oxygen atoms in total. The zero-order chi connectivity index (χ0) is 12.5. The van der Waals surface area contributed by atoms with Gasteiger partial charge in [-0.25, -0.2) is 0 Å². The molecule has 1 rings (SSSR count). The third-order valence-corrected chi connectivity index (χ3v) is 3.44. The highest BCUT2D eigenvalue weighted by Gasteiger charge is 2.24. The predicted octanol–water partition coefficient (Wildman–Crippen LogP) is 3.21. The summed E-state index contributed by atoms with van der Waals surface area (Å²) in [5.41, 5.74) is 4.14. The van der Waals surface area contributed by atoms with Gasteiger partial charge >= 0.3 is 0 Å². The van der Waals surface area contributed by atoms with E-state index in [1.165, 1.54) is 6.92 Å². The van der Waals surface area contributed by atoms with Crippen molar-refractivity contribution in [3.63, 3.8) is 0 Å². The van der Waals surface area contributed by atoms with Gasteiger partial charge in [-0.2, -0.15) is 0 Å². The summed E-state index contributed by atoms with van der Waals surface area (Å²) in [6.07, 6.45) is 0. The van der Waals surface area contributed by atoms with Crippen molar-refractivity contribution in [1.82, 2.24) is 0 Å². The molecule has 0 amide bonds. The lowest BCUT2D eigenvalue weighted by molar-refractivity contribution is -0.135. The van der Waals surface area contributed by atoms with E-state index in [0.29, 0.717) is 0 Å². The number of rotatable bonds is 3. The van der Waals surface area contributed by atoms with Crippen molar-refractivity contribution >= 4 is 27.5 Å². The van der Waals surface area contributed by atoms with E-state index in [2.05, 4.69) is 15.9 Å². The number of alkyl halides is 1. The maximum atomic E-state index is 11.6. The normalized spacial score (nSPS) is 12.3. The molecule has 3 heteroatoms. The van der Waals surface area contributed by atoms with Gasteiger partial charge in [-0.05, 0) is 37.5 Å². The summed E-state index contributed by atoms with van der Waals surface area (Å²) >= 11 is 3.31. The molecule has 86 valence electrons. The highest BCUT2D eigenvalue weighted by atomic mass is 79.9. The van der Waals surface area contributed by atoms with Gasteiger partial charge in [0.15, 0.2) is 5.78 Å². The van der Waals surface area contributed by atoms with Crippen molar-refractivity contribution in [1.29, 1.82) is 0 Å². The number of carbonyl (C=O) groups is 2. The summed E-state index contributed by atoms with van der Waals surface area (Å²) < 4.78 is 0. The number of benzene rings is 1. The average Bonchev–Trinajstić information content (AvgIpc) is 2.14. The van der Waals surface area contributed by atoms with Crippen LogP contribution in [0.1, 0.15) is 34.0 Å².